The molecular formula is C27H42N4O9. The molecule has 0 aliphatic carbocycles. The summed E-state index contributed by atoms with van der Waals surface area (Å²) in [5, 5.41) is 16.6. The Hall–Kier alpha value is -3.77. The molecule has 224 valence electrons. The molecule has 0 bridgehead atoms. The summed E-state index contributed by atoms with van der Waals surface area (Å²) in [7, 11) is 0. The zero-order chi connectivity index (χ0) is 30.6. The molecule has 40 heavy (non-hydrogen) atoms. The molecule has 0 unspecified atom stereocenters. The van der Waals surface area contributed by atoms with Gasteiger partial charge in [0.05, 0.1) is 0 Å². The summed E-state index contributed by atoms with van der Waals surface area (Å²) < 4.78 is 5.29. The maximum atomic E-state index is 13.2. The number of carboxylic acid groups (broad SMARTS) is 1. The maximum Gasteiger partial charge on any atom is 0.325 e. The Bertz CT molecular complexity index is 982. The van der Waals surface area contributed by atoms with E-state index in [0.29, 0.717) is 19.3 Å². The largest absolute Gasteiger partial charge is 0.480 e. The van der Waals surface area contributed by atoms with E-state index in [4.69, 9.17) is 9.84 Å². The van der Waals surface area contributed by atoms with Crippen molar-refractivity contribution in [3.05, 3.63) is 12.2 Å². The van der Waals surface area contributed by atoms with Crippen molar-refractivity contribution in [1.82, 2.24) is 20.9 Å². The number of nitrogens with one attached hydrogen (secondary N) is 3. The number of aliphatic carboxylic acids is 1. The first-order valence-corrected chi connectivity index (χ1v) is 13.4. The average Bonchev–Trinajstić information content (AvgIpc) is 3.15. The van der Waals surface area contributed by atoms with Crippen molar-refractivity contribution >= 4 is 41.5 Å². The number of carboxylic acids is 1. The minimum absolute atomic E-state index is 0.0561. The zero-order valence-corrected chi connectivity index (χ0v) is 24.1. The van der Waals surface area contributed by atoms with E-state index in [-0.39, 0.29) is 37.6 Å². The Morgan fingerprint density at radius 2 is 1.48 bits per heavy atom. The molecule has 0 aromatic heterocycles. The van der Waals surface area contributed by atoms with E-state index in [1.165, 1.54) is 19.1 Å². The van der Waals surface area contributed by atoms with Crippen molar-refractivity contribution in [2.45, 2.75) is 104 Å². The van der Waals surface area contributed by atoms with E-state index in [0.717, 1.165) is 4.90 Å². The topological polar surface area (TPSA) is 188 Å². The SMILES string of the molecule is CC(C)[C@H](NC(=O)[C@H](CCC(=O)OC(C)(C)C)NC(=O)CCCCCN1C(=O)C=CC1=O)C(=O)N[C@@H](C)C(=O)O. The van der Waals surface area contributed by atoms with E-state index in [1.807, 2.05) is 0 Å². The summed E-state index contributed by atoms with van der Waals surface area (Å²) in [5.41, 5.74) is -0.736. The molecule has 13 heteroatoms. The van der Waals surface area contributed by atoms with E-state index in [1.54, 1.807) is 34.6 Å². The van der Waals surface area contributed by atoms with E-state index >= 15 is 0 Å². The van der Waals surface area contributed by atoms with Crippen LogP contribution < -0.4 is 16.0 Å². The molecule has 0 aromatic rings. The van der Waals surface area contributed by atoms with E-state index in [9.17, 15) is 33.6 Å². The lowest BCUT2D eigenvalue weighted by atomic mass is 10.0. The highest BCUT2D eigenvalue weighted by molar-refractivity contribution is 6.12. The van der Waals surface area contributed by atoms with Gasteiger partial charge in [0.25, 0.3) is 11.8 Å². The van der Waals surface area contributed by atoms with Gasteiger partial charge in [0.15, 0.2) is 0 Å². The van der Waals surface area contributed by atoms with Crippen molar-refractivity contribution < 1.29 is 43.4 Å². The minimum atomic E-state index is -1.24. The Morgan fingerprint density at radius 3 is 2.00 bits per heavy atom. The summed E-state index contributed by atoms with van der Waals surface area (Å²) >= 11 is 0. The van der Waals surface area contributed by atoms with Crippen LogP contribution in [-0.2, 0) is 38.3 Å². The van der Waals surface area contributed by atoms with Crippen LogP contribution in [0.25, 0.3) is 0 Å². The Kier molecular flexibility index (Phi) is 13.5. The van der Waals surface area contributed by atoms with Crippen LogP contribution >= 0.6 is 0 Å². The molecule has 1 aliphatic heterocycles. The molecule has 0 saturated heterocycles. The smallest absolute Gasteiger partial charge is 0.325 e. The third kappa shape index (κ3) is 12.4. The Balaban J connectivity index is 2.78. The number of hydrogen-bond acceptors (Lipinski definition) is 8. The molecule has 13 nitrogen and oxygen atoms in total. The van der Waals surface area contributed by atoms with Gasteiger partial charge in [0.1, 0.15) is 23.7 Å². The van der Waals surface area contributed by atoms with E-state index < -0.39 is 59.3 Å². The fourth-order valence-electron chi connectivity index (χ4n) is 3.73. The van der Waals surface area contributed by atoms with Crippen LogP contribution in [0.1, 0.15) is 80.1 Å². The maximum absolute atomic E-state index is 13.2. The normalized spacial score (nSPS) is 15.4. The molecular weight excluding hydrogens is 524 g/mol. The van der Waals surface area contributed by atoms with Gasteiger partial charge in [-0.05, 0) is 52.9 Å². The second-order valence-corrected chi connectivity index (χ2v) is 11.0. The summed E-state index contributed by atoms with van der Waals surface area (Å²) in [4.78, 5) is 86.1. The number of ether oxygens (including phenoxy) is 1. The lowest BCUT2D eigenvalue weighted by Gasteiger charge is -2.26. The van der Waals surface area contributed by atoms with Crippen LogP contribution in [0.3, 0.4) is 0 Å². The molecule has 5 amide bonds. The van der Waals surface area contributed by atoms with Gasteiger partial charge in [-0.1, -0.05) is 20.3 Å². The number of rotatable bonds is 16. The number of imide groups is 1. The van der Waals surface area contributed by atoms with Gasteiger partial charge in [-0.3, -0.25) is 38.5 Å². The molecule has 4 N–H and O–H groups in total. The van der Waals surface area contributed by atoms with Crippen molar-refractivity contribution in [2.24, 2.45) is 5.92 Å². The van der Waals surface area contributed by atoms with Gasteiger partial charge in [-0.15, -0.1) is 0 Å². The highest BCUT2D eigenvalue weighted by Crippen LogP contribution is 2.12. The van der Waals surface area contributed by atoms with Gasteiger partial charge in [-0.25, -0.2) is 0 Å². The molecule has 0 saturated carbocycles. The average molecular weight is 567 g/mol. The second-order valence-electron chi connectivity index (χ2n) is 11.0. The lowest BCUT2D eigenvalue weighted by molar-refractivity contribution is -0.155. The standard InChI is InChI=1S/C27H42N4O9/c1-16(2)23(25(37)28-17(3)26(38)39)30-24(36)18(11-14-22(35)40-27(4,5)6)29-19(32)10-8-7-9-15-31-20(33)12-13-21(31)34/h12-13,16-18,23H,7-11,14-15H2,1-6H3,(H,28,37)(H,29,32)(H,30,36)(H,38,39)/t17-,18-,23-/m0/s1. The van der Waals surface area contributed by atoms with Crippen LogP contribution in [0.4, 0.5) is 0 Å². The number of esters is 1. The molecule has 0 spiro atoms. The highest BCUT2D eigenvalue weighted by Gasteiger charge is 2.31. The quantitative estimate of drug-likeness (QED) is 0.119. The first kappa shape index (κ1) is 34.3. The number of nitrogens with zero attached hydrogens (tertiary/aromatic N) is 1. The highest BCUT2D eigenvalue weighted by atomic mass is 16.6. The van der Waals surface area contributed by atoms with Crippen LogP contribution in [0.2, 0.25) is 0 Å². The monoisotopic (exact) mass is 566 g/mol. The van der Waals surface area contributed by atoms with Gasteiger partial charge in [-0.2, -0.15) is 0 Å². The van der Waals surface area contributed by atoms with Gasteiger partial charge < -0.3 is 25.8 Å². The zero-order valence-electron chi connectivity index (χ0n) is 24.1. The van der Waals surface area contributed by atoms with Crippen molar-refractivity contribution in [3.8, 4) is 0 Å². The van der Waals surface area contributed by atoms with Crippen molar-refractivity contribution in [2.75, 3.05) is 6.54 Å². The summed E-state index contributed by atoms with van der Waals surface area (Å²) in [6.45, 7) is 9.98. The number of hydrogen-bond donors (Lipinski definition) is 4. The summed E-state index contributed by atoms with van der Waals surface area (Å²) in [6, 6.07) is -3.41. The second kappa shape index (κ2) is 15.7. The first-order chi connectivity index (χ1) is 18.5. The summed E-state index contributed by atoms with van der Waals surface area (Å²) in [6.07, 6.45) is 3.70. The molecule has 1 heterocycles. The number of carbonyl (C=O) groups is 7. The van der Waals surface area contributed by atoms with Crippen LogP contribution in [0, 0.1) is 5.92 Å². The molecule has 1 rings (SSSR count). The van der Waals surface area contributed by atoms with Crippen molar-refractivity contribution in [3.63, 3.8) is 0 Å². The van der Waals surface area contributed by atoms with Gasteiger partial charge in [0, 0.05) is 31.5 Å². The lowest BCUT2D eigenvalue weighted by Crippen LogP contribution is -2.57. The molecule has 0 fully saturated rings. The van der Waals surface area contributed by atoms with Crippen LogP contribution in [0.15, 0.2) is 12.2 Å². The van der Waals surface area contributed by atoms with Crippen LogP contribution in [-0.4, -0.2) is 81.8 Å². The van der Waals surface area contributed by atoms with Gasteiger partial charge >= 0.3 is 11.9 Å². The van der Waals surface area contributed by atoms with E-state index in [2.05, 4.69) is 16.0 Å². The molecule has 1 aliphatic rings. The third-order valence-corrected chi connectivity index (χ3v) is 5.87. The summed E-state index contributed by atoms with van der Waals surface area (Å²) in [5.74, 6) is -4.79. The Labute approximate surface area is 234 Å². The van der Waals surface area contributed by atoms with Gasteiger partial charge in [0.2, 0.25) is 17.7 Å². The fourth-order valence-corrected chi connectivity index (χ4v) is 3.73. The molecule has 0 radical (unpaired) electrons. The molecule has 3 atom stereocenters. The van der Waals surface area contributed by atoms with Crippen LogP contribution in [0.5, 0.6) is 0 Å². The van der Waals surface area contributed by atoms with Crippen molar-refractivity contribution in [1.29, 1.82) is 0 Å². The third-order valence-electron chi connectivity index (χ3n) is 5.87. The predicted octanol–water partition coefficient (Wildman–Crippen LogP) is 0.809. The Morgan fingerprint density at radius 1 is 0.875 bits per heavy atom. The predicted molar refractivity (Wildman–Crippen MR) is 143 cm³/mol. The minimum Gasteiger partial charge on any atom is -0.480 e. The number of carbonyl (C=O) groups excluding carboxylic acids is 6. The fraction of sp³-hybridized carbons (Fsp3) is 0.667. The number of amides is 5. The number of unbranched alkanes of at least 4 members (excludes halogenated alkanes) is 2. The first-order valence-electron chi connectivity index (χ1n) is 13.4. The molecule has 0 aromatic carbocycles.